The number of aromatic nitrogens is 3. The van der Waals surface area contributed by atoms with Gasteiger partial charge in [-0.05, 0) is 32.0 Å². The van der Waals surface area contributed by atoms with Crippen LogP contribution in [0.25, 0.3) is 5.13 Å². The maximum atomic E-state index is 11.8. The lowest BCUT2D eigenvalue weighted by Crippen LogP contribution is -2.30. The molecule has 2 amide bonds. The molecule has 0 saturated carbocycles. The van der Waals surface area contributed by atoms with E-state index < -0.39 is 0 Å². The van der Waals surface area contributed by atoms with Crippen molar-refractivity contribution in [1.82, 2.24) is 20.1 Å². The molecule has 2 N–H and O–H groups in total. The molecular formula is C17H19N5OS. The molecule has 7 heteroatoms. The Morgan fingerprint density at radius 1 is 1.25 bits per heavy atom. The molecule has 0 saturated heterocycles. The molecule has 3 aromatic rings. The number of aryl methyl sites for hydroxylation is 2. The van der Waals surface area contributed by atoms with Gasteiger partial charge in [-0.15, -0.1) is 11.3 Å². The predicted octanol–water partition coefficient (Wildman–Crippen LogP) is 3.31. The van der Waals surface area contributed by atoms with Gasteiger partial charge in [0.1, 0.15) is 0 Å². The molecule has 124 valence electrons. The lowest BCUT2D eigenvalue weighted by molar-refractivity contribution is 0.252. The summed E-state index contributed by atoms with van der Waals surface area (Å²) in [6.07, 6.45) is 0.679. The highest BCUT2D eigenvalue weighted by atomic mass is 32.1. The first-order valence-electron chi connectivity index (χ1n) is 7.70. The number of benzene rings is 1. The van der Waals surface area contributed by atoms with Gasteiger partial charge in [-0.1, -0.05) is 18.2 Å². The Bertz CT molecular complexity index is 825. The summed E-state index contributed by atoms with van der Waals surface area (Å²) >= 11 is 1.55. The van der Waals surface area contributed by atoms with Crippen molar-refractivity contribution in [1.29, 1.82) is 0 Å². The quantitative estimate of drug-likeness (QED) is 0.748. The Hall–Kier alpha value is -2.67. The summed E-state index contributed by atoms with van der Waals surface area (Å²) in [5.41, 5.74) is 3.76. The van der Waals surface area contributed by atoms with E-state index in [1.165, 1.54) is 0 Å². The van der Waals surface area contributed by atoms with E-state index in [1.54, 1.807) is 11.3 Å². The first kappa shape index (κ1) is 16.2. The number of nitrogens with zero attached hydrogens (tertiary/aromatic N) is 3. The molecule has 0 fully saturated rings. The van der Waals surface area contributed by atoms with Crippen LogP contribution in [0, 0.1) is 13.8 Å². The van der Waals surface area contributed by atoms with Gasteiger partial charge < -0.3 is 10.6 Å². The molecular weight excluding hydrogens is 322 g/mol. The monoisotopic (exact) mass is 341 g/mol. The van der Waals surface area contributed by atoms with Gasteiger partial charge >= 0.3 is 6.03 Å². The second-order valence-corrected chi connectivity index (χ2v) is 6.29. The molecule has 0 unspecified atom stereocenters. The second kappa shape index (κ2) is 7.27. The van der Waals surface area contributed by atoms with Crippen molar-refractivity contribution in [2.75, 3.05) is 11.9 Å². The van der Waals surface area contributed by atoms with E-state index in [-0.39, 0.29) is 6.03 Å². The average molecular weight is 341 g/mol. The molecule has 0 aliphatic carbocycles. The van der Waals surface area contributed by atoms with Crippen LogP contribution in [0.1, 0.15) is 17.1 Å². The van der Waals surface area contributed by atoms with Crippen molar-refractivity contribution >= 4 is 23.1 Å². The molecule has 6 nitrogen and oxygen atoms in total. The van der Waals surface area contributed by atoms with Crippen LogP contribution in [0.15, 0.2) is 41.8 Å². The van der Waals surface area contributed by atoms with Gasteiger partial charge in [0, 0.05) is 29.7 Å². The number of urea groups is 1. The van der Waals surface area contributed by atoms with Crippen LogP contribution in [-0.2, 0) is 6.42 Å². The van der Waals surface area contributed by atoms with Gasteiger partial charge in [0.05, 0.1) is 11.4 Å². The van der Waals surface area contributed by atoms with Crippen molar-refractivity contribution in [3.05, 3.63) is 58.9 Å². The Labute approximate surface area is 144 Å². The van der Waals surface area contributed by atoms with Crippen molar-refractivity contribution in [2.24, 2.45) is 0 Å². The summed E-state index contributed by atoms with van der Waals surface area (Å²) in [5, 5.41) is 12.9. The Balaban J connectivity index is 1.51. The summed E-state index contributed by atoms with van der Waals surface area (Å²) in [6, 6.07) is 11.2. The Kier molecular flexibility index (Phi) is 4.90. The highest BCUT2D eigenvalue weighted by Crippen LogP contribution is 2.17. The average Bonchev–Trinajstić information content (AvgIpc) is 3.14. The Morgan fingerprint density at radius 2 is 2.04 bits per heavy atom. The van der Waals surface area contributed by atoms with E-state index in [1.807, 2.05) is 60.3 Å². The molecule has 1 aromatic carbocycles. The van der Waals surface area contributed by atoms with Crippen LogP contribution in [0.5, 0.6) is 0 Å². The van der Waals surface area contributed by atoms with Gasteiger partial charge in [-0.2, -0.15) is 5.10 Å². The summed E-state index contributed by atoms with van der Waals surface area (Å²) in [5.74, 6) is 0. The highest BCUT2D eigenvalue weighted by Gasteiger charge is 2.09. The lowest BCUT2D eigenvalue weighted by Gasteiger charge is -2.06. The summed E-state index contributed by atoms with van der Waals surface area (Å²) in [6.45, 7) is 4.50. The molecule has 3 rings (SSSR count). The third-order valence-corrected chi connectivity index (χ3v) is 4.29. The number of anilines is 1. The number of thiazole rings is 1. The zero-order valence-electron chi connectivity index (χ0n) is 13.6. The molecule has 0 aliphatic heterocycles. The van der Waals surface area contributed by atoms with Crippen molar-refractivity contribution in [2.45, 2.75) is 20.3 Å². The van der Waals surface area contributed by atoms with Crippen molar-refractivity contribution < 1.29 is 4.79 Å². The van der Waals surface area contributed by atoms with E-state index in [0.717, 1.165) is 27.9 Å². The van der Waals surface area contributed by atoms with E-state index >= 15 is 0 Å². The number of rotatable bonds is 5. The number of para-hydroxylation sites is 1. The summed E-state index contributed by atoms with van der Waals surface area (Å²) in [7, 11) is 0. The molecule has 2 heterocycles. The van der Waals surface area contributed by atoms with Gasteiger partial charge in [0.2, 0.25) is 5.13 Å². The number of carbonyl (C=O) groups excluding carboxylic acids is 1. The molecule has 0 bridgehead atoms. The fourth-order valence-corrected chi connectivity index (χ4v) is 3.20. The second-order valence-electron chi connectivity index (χ2n) is 5.46. The zero-order chi connectivity index (χ0) is 16.9. The first-order valence-corrected chi connectivity index (χ1v) is 8.58. The fourth-order valence-electron chi connectivity index (χ4n) is 2.33. The minimum absolute atomic E-state index is 0.213. The van der Waals surface area contributed by atoms with Gasteiger partial charge in [-0.25, -0.2) is 14.5 Å². The van der Waals surface area contributed by atoms with Crippen LogP contribution >= 0.6 is 11.3 Å². The van der Waals surface area contributed by atoms with E-state index in [9.17, 15) is 4.79 Å². The topological polar surface area (TPSA) is 71.8 Å². The Morgan fingerprint density at radius 3 is 2.75 bits per heavy atom. The van der Waals surface area contributed by atoms with Gasteiger partial charge in [-0.3, -0.25) is 0 Å². The third kappa shape index (κ3) is 3.99. The SMILES string of the molecule is Cc1cc(C)n(-c2nc(CCNC(=O)Nc3ccccc3)cs2)n1. The maximum Gasteiger partial charge on any atom is 0.319 e. The predicted molar refractivity (Wildman–Crippen MR) is 95.9 cm³/mol. The smallest absolute Gasteiger partial charge is 0.319 e. The third-order valence-electron chi connectivity index (χ3n) is 3.43. The van der Waals surface area contributed by atoms with Crippen molar-refractivity contribution in [3.8, 4) is 5.13 Å². The van der Waals surface area contributed by atoms with Crippen LogP contribution in [0.2, 0.25) is 0 Å². The minimum atomic E-state index is -0.213. The molecule has 0 aliphatic rings. The summed E-state index contributed by atoms with van der Waals surface area (Å²) in [4.78, 5) is 16.4. The fraction of sp³-hybridized carbons (Fsp3) is 0.235. The number of nitrogens with one attached hydrogen (secondary N) is 2. The van der Waals surface area contributed by atoms with E-state index in [2.05, 4.69) is 20.7 Å². The first-order chi connectivity index (χ1) is 11.6. The molecule has 0 spiro atoms. The standard InChI is InChI=1S/C17H19N5OS/c1-12-10-13(2)22(21-12)17-20-15(11-24-17)8-9-18-16(23)19-14-6-4-3-5-7-14/h3-7,10-11H,8-9H2,1-2H3,(H2,18,19,23). The number of amides is 2. The summed E-state index contributed by atoms with van der Waals surface area (Å²) < 4.78 is 1.85. The van der Waals surface area contributed by atoms with Gasteiger partial charge in [0.25, 0.3) is 0 Å². The lowest BCUT2D eigenvalue weighted by atomic mass is 10.3. The highest BCUT2D eigenvalue weighted by molar-refractivity contribution is 7.12. The molecule has 24 heavy (non-hydrogen) atoms. The minimum Gasteiger partial charge on any atom is -0.337 e. The molecule has 2 aromatic heterocycles. The molecule has 0 atom stereocenters. The number of hydrogen-bond donors (Lipinski definition) is 2. The van der Waals surface area contributed by atoms with Crippen LogP contribution in [-0.4, -0.2) is 27.3 Å². The van der Waals surface area contributed by atoms with Gasteiger partial charge in [0.15, 0.2) is 0 Å². The van der Waals surface area contributed by atoms with Crippen LogP contribution in [0.4, 0.5) is 10.5 Å². The number of carbonyl (C=O) groups is 1. The van der Waals surface area contributed by atoms with Crippen LogP contribution < -0.4 is 10.6 Å². The van der Waals surface area contributed by atoms with E-state index in [0.29, 0.717) is 13.0 Å². The molecule has 0 radical (unpaired) electrons. The van der Waals surface area contributed by atoms with Crippen molar-refractivity contribution in [3.63, 3.8) is 0 Å². The van der Waals surface area contributed by atoms with E-state index in [4.69, 9.17) is 0 Å². The zero-order valence-corrected chi connectivity index (χ0v) is 14.4. The van der Waals surface area contributed by atoms with Crippen LogP contribution in [0.3, 0.4) is 0 Å². The number of hydrogen-bond acceptors (Lipinski definition) is 4. The maximum absolute atomic E-state index is 11.8. The normalized spacial score (nSPS) is 10.6. The largest absolute Gasteiger partial charge is 0.337 e.